The maximum absolute atomic E-state index is 12.6. The number of hydrogen-bond acceptors (Lipinski definition) is 8. The number of sulfonamides is 1. The highest BCUT2D eigenvalue weighted by Gasteiger charge is 2.17. The summed E-state index contributed by atoms with van der Waals surface area (Å²) in [5.41, 5.74) is 0.947. The van der Waals surface area contributed by atoms with Crippen molar-refractivity contribution in [2.24, 2.45) is 0 Å². The highest BCUT2D eigenvalue weighted by Crippen LogP contribution is 2.32. The molecule has 3 aromatic rings. The normalized spacial score (nSPS) is 11.2. The molecule has 29 heavy (non-hydrogen) atoms. The summed E-state index contributed by atoms with van der Waals surface area (Å²) in [6, 6.07) is 11.6. The Balaban J connectivity index is 1.71. The van der Waals surface area contributed by atoms with Gasteiger partial charge in [-0.15, -0.1) is 11.3 Å². The maximum atomic E-state index is 12.6. The Hall–Kier alpha value is -2.23. The number of carbonyl (C=O) groups excluding carboxylic acids is 1. The Bertz CT molecular complexity index is 1150. The first-order chi connectivity index (χ1) is 13.9. The van der Waals surface area contributed by atoms with Gasteiger partial charge in [0.15, 0.2) is 5.13 Å². The predicted molar refractivity (Wildman–Crippen MR) is 116 cm³/mol. The van der Waals surface area contributed by atoms with Gasteiger partial charge in [-0.1, -0.05) is 35.2 Å². The van der Waals surface area contributed by atoms with Gasteiger partial charge in [0.2, 0.25) is 10.0 Å². The van der Waals surface area contributed by atoms with E-state index < -0.39 is 15.9 Å². The number of anilines is 1. The minimum absolute atomic E-state index is 0.0160. The third kappa shape index (κ3) is 5.65. The number of rotatable bonds is 8. The summed E-state index contributed by atoms with van der Waals surface area (Å²) in [4.78, 5) is 17.8. The van der Waals surface area contributed by atoms with Crippen molar-refractivity contribution in [3.8, 4) is 6.07 Å². The number of carbonyl (C=O) groups is 1. The van der Waals surface area contributed by atoms with Crippen LogP contribution >= 0.6 is 34.4 Å². The van der Waals surface area contributed by atoms with E-state index in [9.17, 15) is 13.2 Å². The number of hydrogen-bond donors (Lipinski definition) is 2. The van der Waals surface area contributed by atoms with Gasteiger partial charge >= 0.3 is 0 Å². The molecule has 0 unspecified atom stereocenters. The molecular weight excluding hydrogens is 448 g/mol. The fourth-order valence-electron chi connectivity index (χ4n) is 2.30. The molecule has 7 nitrogen and oxygen atoms in total. The van der Waals surface area contributed by atoms with Crippen molar-refractivity contribution in [2.45, 2.75) is 22.6 Å². The van der Waals surface area contributed by atoms with Gasteiger partial charge in [0.05, 0.1) is 26.6 Å². The van der Waals surface area contributed by atoms with Crippen LogP contribution in [0.5, 0.6) is 0 Å². The van der Waals surface area contributed by atoms with Crippen molar-refractivity contribution in [2.75, 3.05) is 11.1 Å². The minimum atomic E-state index is -3.75. The van der Waals surface area contributed by atoms with E-state index in [2.05, 4.69) is 21.1 Å². The number of nitrogens with one attached hydrogen (secondary N) is 2. The van der Waals surface area contributed by atoms with Crippen LogP contribution < -0.4 is 10.0 Å². The van der Waals surface area contributed by atoms with Crippen LogP contribution in [0.3, 0.4) is 0 Å². The van der Waals surface area contributed by atoms with Crippen molar-refractivity contribution >= 4 is 55.5 Å². The van der Waals surface area contributed by atoms with Crippen LogP contribution in [0.1, 0.15) is 20.9 Å². The van der Waals surface area contributed by atoms with E-state index in [1.165, 1.54) is 52.6 Å². The Morgan fingerprint density at radius 1 is 1.31 bits per heavy atom. The molecule has 0 atom stereocenters. The lowest BCUT2D eigenvalue weighted by atomic mass is 10.2. The number of amides is 1. The van der Waals surface area contributed by atoms with Gasteiger partial charge in [0.25, 0.3) is 5.91 Å². The quantitative estimate of drug-likeness (QED) is 0.490. The molecule has 0 aliphatic rings. The van der Waals surface area contributed by atoms with Crippen LogP contribution in [0.25, 0.3) is 0 Å². The van der Waals surface area contributed by atoms with Crippen LogP contribution in [0.4, 0.5) is 5.13 Å². The van der Waals surface area contributed by atoms with Crippen LogP contribution in [-0.2, 0) is 16.6 Å². The molecule has 2 N–H and O–H groups in total. The summed E-state index contributed by atoms with van der Waals surface area (Å²) in [5, 5.41) is 13.7. The third-order valence-corrected chi connectivity index (χ3v) is 8.24. The van der Waals surface area contributed by atoms with Gasteiger partial charge in [-0.05, 0) is 36.6 Å². The lowest BCUT2D eigenvalue weighted by molar-refractivity contribution is 0.102. The first-order valence-corrected chi connectivity index (χ1v) is 12.5. The average Bonchev–Trinajstić information content (AvgIpc) is 3.34. The largest absolute Gasteiger partial charge is 0.298 e. The van der Waals surface area contributed by atoms with Gasteiger partial charge in [-0.3, -0.25) is 10.1 Å². The van der Waals surface area contributed by atoms with E-state index in [0.717, 1.165) is 14.8 Å². The summed E-state index contributed by atoms with van der Waals surface area (Å²) < 4.78 is 28.5. The lowest BCUT2D eigenvalue weighted by Gasteiger charge is -2.08. The van der Waals surface area contributed by atoms with Crippen molar-refractivity contribution < 1.29 is 13.2 Å². The number of nitrogens with zero attached hydrogens (tertiary/aromatic N) is 2. The molecule has 0 saturated heterocycles. The summed E-state index contributed by atoms with van der Waals surface area (Å²) in [5.74, 6) is -0.152. The molecule has 0 saturated carbocycles. The number of nitriles is 1. The molecule has 3 rings (SSSR count). The van der Waals surface area contributed by atoms with Crippen molar-refractivity contribution in [1.82, 2.24) is 9.71 Å². The number of thioether (sulfide) groups is 1. The standard InChI is InChI=1S/C18H16N4O3S4/c1-12-17(27-9-7-19)28-18(21-12)22-16(23)13-4-2-6-15(10-13)29(24,25)20-11-14-5-3-8-26-14/h2-6,8,10,20H,9,11H2,1H3,(H,21,22,23). The molecule has 1 amide bonds. The first kappa shape index (κ1) is 21.5. The van der Waals surface area contributed by atoms with Crippen LogP contribution in [0, 0.1) is 18.3 Å². The monoisotopic (exact) mass is 464 g/mol. The van der Waals surface area contributed by atoms with E-state index in [1.54, 1.807) is 13.0 Å². The van der Waals surface area contributed by atoms with E-state index in [1.807, 2.05) is 17.5 Å². The number of aromatic nitrogens is 1. The molecule has 0 radical (unpaired) electrons. The number of aryl methyl sites for hydroxylation is 1. The molecule has 2 aromatic heterocycles. The van der Waals surface area contributed by atoms with Crippen molar-refractivity contribution in [3.05, 3.63) is 57.9 Å². The topological polar surface area (TPSA) is 112 Å². The summed E-state index contributed by atoms with van der Waals surface area (Å²) in [6.45, 7) is 2.00. The van der Waals surface area contributed by atoms with E-state index >= 15 is 0 Å². The van der Waals surface area contributed by atoms with Gasteiger partial charge in [-0.2, -0.15) is 5.26 Å². The fraction of sp³-hybridized carbons (Fsp3) is 0.167. The lowest BCUT2D eigenvalue weighted by Crippen LogP contribution is -2.23. The van der Waals surface area contributed by atoms with Crippen LogP contribution in [0.2, 0.25) is 0 Å². The van der Waals surface area contributed by atoms with Gasteiger partial charge in [-0.25, -0.2) is 18.1 Å². The van der Waals surface area contributed by atoms with Gasteiger partial charge in [0.1, 0.15) is 0 Å². The third-order valence-electron chi connectivity index (χ3n) is 3.67. The molecule has 2 heterocycles. The zero-order valence-corrected chi connectivity index (χ0v) is 18.5. The predicted octanol–water partition coefficient (Wildman–Crippen LogP) is 3.86. The molecule has 11 heteroatoms. The first-order valence-electron chi connectivity index (χ1n) is 8.29. The van der Waals surface area contributed by atoms with E-state index in [-0.39, 0.29) is 17.0 Å². The molecule has 0 bridgehead atoms. The summed E-state index contributed by atoms with van der Waals surface area (Å²) in [7, 11) is -3.75. The SMILES string of the molecule is Cc1nc(NC(=O)c2cccc(S(=O)(=O)NCc3cccs3)c2)sc1SCC#N. The Labute approximate surface area is 180 Å². The Morgan fingerprint density at radius 3 is 2.86 bits per heavy atom. The summed E-state index contributed by atoms with van der Waals surface area (Å²) in [6.07, 6.45) is 0. The van der Waals surface area contributed by atoms with E-state index in [4.69, 9.17) is 5.26 Å². The fourth-order valence-corrected chi connectivity index (χ4v) is 5.89. The van der Waals surface area contributed by atoms with Crippen molar-refractivity contribution in [1.29, 1.82) is 5.26 Å². The zero-order chi connectivity index (χ0) is 20.9. The molecular formula is C18H16N4O3S4. The molecule has 0 fully saturated rings. The van der Waals surface area contributed by atoms with E-state index in [0.29, 0.717) is 10.9 Å². The highest BCUT2D eigenvalue weighted by atomic mass is 32.2. The minimum Gasteiger partial charge on any atom is -0.298 e. The molecule has 0 aliphatic heterocycles. The van der Waals surface area contributed by atoms with Gasteiger partial charge in [0, 0.05) is 17.0 Å². The van der Waals surface area contributed by atoms with Crippen LogP contribution in [-0.4, -0.2) is 25.1 Å². The Morgan fingerprint density at radius 2 is 2.14 bits per heavy atom. The zero-order valence-electron chi connectivity index (χ0n) is 15.2. The smallest absolute Gasteiger partial charge is 0.257 e. The molecule has 0 spiro atoms. The second kappa shape index (κ2) is 9.51. The Kier molecular flexibility index (Phi) is 7.05. The maximum Gasteiger partial charge on any atom is 0.257 e. The number of benzene rings is 1. The van der Waals surface area contributed by atoms with Crippen LogP contribution in [0.15, 0.2) is 50.9 Å². The molecule has 150 valence electrons. The average molecular weight is 465 g/mol. The summed E-state index contributed by atoms with van der Waals surface area (Å²) >= 11 is 4.10. The molecule has 1 aromatic carbocycles. The number of thiophene rings is 1. The van der Waals surface area contributed by atoms with Crippen molar-refractivity contribution in [3.63, 3.8) is 0 Å². The second-order valence-corrected chi connectivity index (χ2v) is 10.8. The van der Waals surface area contributed by atoms with Gasteiger partial charge < -0.3 is 0 Å². The second-order valence-electron chi connectivity index (χ2n) is 5.72. The number of thiazole rings is 1. The highest BCUT2D eigenvalue weighted by molar-refractivity contribution is 8.01. The molecule has 0 aliphatic carbocycles.